The normalized spacial score (nSPS) is 15.9. The molecule has 110 valence electrons. The van der Waals surface area contributed by atoms with Crippen molar-refractivity contribution in [1.82, 2.24) is 10.2 Å². The Labute approximate surface area is 122 Å². The van der Waals surface area contributed by atoms with Gasteiger partial charge in [-0.15, -0.1) is 11.6 Å². The highest BCUT2D eigenvalue weighted by Gasteiger charge is 2.25. The molecular formula is C13H17ClN2O4. The number of hydrogen-bond acceptors (Lipinski definition) is 4. The Hall–Kier alpha value is -1.69. The quantitative estimate of drug-likeness (QED) is 0.861. The Kier molecular flexibility index (Phi) is 5.29. The van der Waals surface area contributed by atoms with Gasteiger partial charge in [-0.1, -0.05) is 0 Å². The predicted molar refractivity (Wildman–Crippen MR) is 72.8 cm³/mol. The van der Waals surface area contributed by atoms with Gasteiger partial charge < -0.3 is 19.4 Å². The Balaban J connectivity index is 1.74. The van der Waals surface area contributed by atoms with Crippen molar-refractivity contribution in [3.05, 3.63) is 24.2 Å². The van der Waals surface area contributed by atoms with E-state index in [0.29, 0.717) is 37.6 Å². The van der Waals surface area contributed by atoms with Gasteiger partial charge in [0.2, 0.25) is 0 Å². The van der Waals surface area contributed by atoms with E-state index in [0.717, 1.165) is 0 Å². The van der Waals surface area contributed by atoms with E-state index in [4.69, 9.17) is 20.8 Å². The van der Waals surface area contributed by atoms with E-state index < -0.39 is 0 Å². The number of furan rings is 1. The van der Waals surface area contributed by atoms with Crippen molar-refractivity contribution in [2.75, 3.05) is 25.6 Å². The molecule has 7 heteroatoms. The summed E-state index contributed by atoms with van der Waals surface area (Å²) in [6, 6.07) is 3.34. The SMILES string of the molecule is O=C(NC1CCN(C(=O)OCCCl)CC1)c1ccco1. The zero-order valence-electron chi connectivity index (χ0n) is 11.0. The number of hydrogen-bond donors (Lipinski definition) is 1. The number of halogens is 1. The van der Waals surface area contributed by atoms with Gasteiger partial charge in [0, 0.05) is 19.1 Å². The van der Waals surface area contributed by atoms with Crippen LogP contribution in [0.2, 0.25) is 0 Å². The smallest absolute Gasteiger partial charge is 0.409 e. The molecule has 1 aliphatic rings. The highest BCUT2D eigenvalue weighted by Crippen LogP contribution is 2.12. The van der Waals surface area contributed by atoms with Crippen LogP contribution in [0.5, 0.6) is 0 Å². The second-order valence-electron chi connectivity index (χ2n) is 4.52. The lowest BCUT2D eigenvalue weighted by molar-refractivity contribution is 0.0842. The second kappa shape index (κ2) is 7.19. The molecule has 2 amide bonds. The van der Waals surface area contributed by atoms with Crippen LogP contribution in [-0.2, 0) is 4.74 Å². The lowest BCUT2D eigenvalue weighted by atomic mass is 10.1. The zero-order valence-corrected chi connectivity index (χ0v) is 11.8. The summed E-state index contributed by atoms with van der Waals surface area (Å²) in [4.78, 5) is 25.0. The van der Waals surface area contributed by atoms with Crippen LogP contribution in [0, 0.1) is 0 Å². The van der Waals surface area contributed by atoms with Gasteiger partial charge in [-0.2, -0.15) is 0 Å². The highest BCUT2D eigenvalue weighted by molar-refractivity contribution is 6.18. The van der Waals surface area contributed by atoms with Crippen LogP contribution in [0.3, 0.4) is 0 Å². The molecule has 0 aromatic carbocycles. The van der Waals surface area contributed by atoms with Gasteiger partial charge in [-0.05, 0) is 25.0 Å². The molecule has 20 heavy (non-hydrogen) atoms. The molecular weight excluding hydrogens is 284 g/mol. The van der Waals surface area contributed by atoms with Gasteiger partial charge in [0.15, 0.2) is 5.76 Å². The lowest BCUT2D eigenvalue weighted by Crippen LogP contribution is -2.46. The number of likely N-dealkylation sites (tertiary alicyclic amines) is 1. The number of ether oxygens (including phenoxy) is 1. The summed E-state index contributed by atoms with van der Waals surface area (Å²) in [7, 11) is 0. The van der Waals surface area contributed by atoms with Gasteiger partial charge in [-0.3, -0.25) is 4.79 Å². The van der Waals surface area contributed by atoms with Crippen LogP contribution in [-0.4, -0.2) is 48.5 Å². The van der Waals surface area contributed by atoms with Gasteiger partial charge >= 0.3 is 6.09 Å². The van der Waals surface area contributed by atoms with E-state index in [1.807, 2.05) is 0 Å². The number of nitrogens with one attached hydrogen (secondary N) is 1. The monoisotopic (exact) mass is 300 g/mol. The van der Waals surface area contributed by atoms with Crippen molar-refractivity contribution >= 4 is 23.6 Å². The van der Waals surface area contributed by atoms with Gasteiger partial charge in [0.1, 0.15) is 6.61 Å². The lowest BCUT2D eigenvalue weighted by Gasteiger charge is -2.31. The minimum absolute atomic E-state index is 0.0460. The topological polar surface area (TPSA) is 71.8 Å². The first-order valence-corrected chi connectivity index (χ1v) is 7.06. The van der Waals surface area contributed by atoms with Crippen LogP contribution in [0.25, 0.3) is 0 Å². The number of amides is 2. The van der Waals surface area contributed by atoms with Crippen molar-refractivity contribution in [1.29, 1.82) is 0 Å². The van der Waals surface area contributed by atoms with Gasteiger partial charge in [0.05, 0.1) is 12.1 Å². The molecule has 1 aromatic rings. The van der Waals surface area contributed by atoms with Crippen LogP contribution >= 0.6 is 11.6 Å². The first-order chi connectivity index (χ1) is 9.70. The summed E-state index contributed by atoms with van der Waals surface area (Å²) in [5.41, 5.74) is 0. The standard InChI is InChI=1S/C13H17ClN2O4/c14-5-9-20-13(18)16-6-3-10(4-7-16)15-12(17)11-2-1-8-19-11/h1-2,8,10H,3-7,9H2,(H,15,17). The Bertz CT molecular complexity index is 441. The summed E-state index contributed by atoms with van der Waals surface area (Å²) in [5.74, 6) is 0.369. The highest BCUT2D eigenvalue weighted by atomic mass is 35.5. The maximum atomic E-state index is 11.8. The maximum absolute atomic E-state index is 11.8. The minimum Gasteiger partial charge on any atom is -0.459 e. The molecule has 1 aliphatic heterocycles. The molecule has 1 saturated heterocycles. The van der Waals surface area contributed by atoms with E-state index in [1.165, 1.54) is 6.26 Å². The van der Waals surface area contributed by atoms with E-state index >= 15 is 0 Å². The molecule has 2 heterocycles. The fourth-order valence-electron chi connectivity index (χ4n) is 2.09. The van der Waals surface area contributed by atoms with E-state index in [1.54, 1.807) is 17.0 Å². The molecule has 1 fully saturated rings. The van der Waals surface area contributed by atoms with Crippen LogP contribution in [0.15, 0.2) is 22.8 Å². The van der Waals surface area contributed by atoms with E-state index in [9.17, 15) is 9.59 Å². The maximum Gasteiger partial charge on any atom is 0.409 e. The molecule has 0 bridgehead atoms. The Morgan fingerprint density at radius 1 is 1.45 bits per heavy atom. The van der Waals surface area contributed by atoms with Crippen molar-refractivity contribution in [2.45, 2.75) is 18.9 Å². The molecule has 1 aromatic heterocycles. The first kappa shape index (κ1) is 14.7. The average molecular weight is 301 g/mol. The number of carbonyl (C=O) groups is 2. The molecule has 1 N–H and O–H groups in total. The van der Waals surface area contributed by atoms with Crippen molar-refractivity contribution in [3.63, 3.8) is 0 Å². The van der Waals surface area contributed by atoms with Crippen molar-refractivity contribution in [2.24, 2.45) is 0 Å². The number of rotatable bonds is 4. The van der Waals surface area contributed by atoms with E-state index in [2.05, 4.69) is 5.32 Å². The summed E-state index contributed by atoms with van der Waals surface area (Å²) < 4.78 is 9.99. The number of carbonyl (C=O) groups excluding carboxylic acids is 2. The first-order valence-electron chi connectivity index (χ1n) is 6.52. The molecule has 2 rings (SSSR count). The van der Waals surface area contributed by atoms with Gasteiger partial charge in [-0.25, -0.2) is 4.79 Å². The molecule has 0 saturated carbocycles. The summed E-state index contributed by atoms with van der Waals surface area (Å²) in [5, 5.41) is 2.89. The number of alkyl halides is 1. The van der Waals surface area contributed by atoms with Gasteiger partial charge in [0.25, 0.3) is 5.91 Å². The second-order valence-corrected chi connectivity index (χ2v) is 4.89. The molecule has 0 atom stereocenters. The number of nitrogens with zero attached hydrogens (tertiary/aromatic N) is 1. The van der Waals surface area contributed by atoms with Crippen LogP contribution < -0.4 is 5.32 Å². The Morgan fingerprint density at radius 3 is 2.80 bits per heavy atom. The largest absolute Gasteiger partial charge is 0.459 e. The fourth-order valence-corrected chi connectivity index (χ4v) is 2.17. The molecule has 0 radical (unpaired) electrons. The minimum atomic E-state index is -0.346. The zero-order chi connectivity index (χ0) is 14.4. The van der Waals surface area contributed by atoms with Crippen LogP contribution in [0.1, 0.15) is 23.4 Å². The molecule has 0 aliphatic carbocycles. The molecule has 0 spiro atoms. The predicted octanol–water partition coefficient (Wildman–Crippen LogP) is 1.85. The van der Waals surface area contributed by atoms with Crippen molar-refractivity contribution in [3.8, 4) is 0 Å². The van der Waals surface area contributed by atoms with E-state index in [-0.39, 0.29) is 24.6 Å². The average Bonchev–Trinajstić information content (AvgIpc) is 3.00. The Morgan fingerprint density at radius 2 is 2.20 bits per heavy atom. The van der Waals surface area contributed by atoms with Crippen molar-refractivity contribution < 1.29 is 18.7 Å². The third-order valence-corrected chi connectivity index (χ3v) is 3.29. The summed E-state index contributed by atoms with van der Waals surface area (Å²) in [6.07, 6.45) is 2.51. The fraction of sp³-hybridized carbons (Fsp3) is 0.538. The van der Waals surface area contributed by atoms with Crippen LogP contribution in [0.4, 0.5) is 4.79 Å². The number of piperidine rings is 1. The summed E-state index contributed by atoms with van der Waals surface area (Å²) in [6.45, 7) is 1.34. The molecule has 0 unspecified atom stereocenters. The third-order valence-electron chi connectivity index (χ3n) is 3.14. The summed E-state index contributed by atoms with van der Waals surface area (Å²) >= 11 is 5.46. The molecule has 6 nitrogen and oxygen atoms in total. The third kappa shape index (κ3) is 3.90.